The number of hydrogen-bond acceptors (Lipinski definition) is 2. The molecule has 0 saturated carbocycles. The van der Waals surface area contributed by atoms with Crippen molar-refractivity contribution in [3.8, 4) is 0 Å². The van der Waals surface area contributed by atoms with Gasteiger partial charge in [-0.15, -0.1) is 0 Å². The molecule has 0 aliphatic heterocycles. The average Bonchev–Trinajstić information content (AvgIpc) is 2.36. The van der Waals surface area contributed by atoms with E-state index < -0.39 is 11.5 Å². The van der Waals surface area contributed by atoms with Crippen LogP contribution in [-0.4, -0.2) is 16.6 Å². The molecular formula is C18H29NO2. The number of rotatable bonds is 8. The summed E-state index contributed by atoms with van der Waals surface area (Å²) in [4.78, 5) is 11.1. The number of aryl methyl sites for hydroxylation is 3. The van der Waals surface area contributed by atoms with Crippen molar-refractivity contribution in [1.82, 2.24) is 0 Å². The van der Waals surface area contributed by atoms with Gasteiger partial charge in [-0.25, -0.2) is 0 Å². The molecule has 3 heteroatoms. The summed E-state index contributed by atoms with van der Waals surface area (Å²) in [6, 6.07) is 6.65. The number of carboxylic acid groups (broad SMARTS) is 1. The van der Waals surface area contributed by atoms with E-state index in [-0.39, 0.29) is 0 Å². The molecule has 1 aromatic rings. The van der Waals surface area contributed by atoms with Crippen LogP contribution >= 0.6 is 0 Å². The van der Waals surface area contributed by atoms with Crippen LogP contribution in [-0.2, 0) is 11.2 Å². The summed E-state index contributed by atoms with van der Waals surface area (Å²) in [5.74, 6) is -0.530. The predicted octanol–water partition coefficient (Wildman–Crippen LogP) is 3.84. The molecular weight excluding hydrogens is 262 g/mol. The molecule has 1 aromatic carbocycles. The van der Waals surface area contributed by atoms with Gasteiger partial charge in [-0.05, 0) is 51.5 Å². The van der Waals surface area contributed by atoms with Crippen LogP contribution in [0, 0.1) is 19.8 Å². The van der Waals surface area contributed by atoms with Gasteiger partial charge in [0.1, 0.15) is 5.54 Å². The van der Waals surface area contributed by atoms with Crippen molar-refractivity contribution >= 4 is 5.97 Å². The minimum atomic E-state index is -1.11. The molecule has 1 rings (SSSR count). The monoisotopic (exact) mass is 291 g/mol. The summed E-state index contributed by atoms with van der Waals surface area (Å²) in [5, 5.41) is 9.13. The highest BCUT2D eigenvalue weighted by Crippen LogP contribution is 2.23. The number of aliphatic carboxylic acids is 1. The Kier molecular flexibility index (Phi) is 6.41. The molecule has 3 N–H and O–H groups in total. The van der Waals surface area contributed by atoms with Gasteiger partial charge in [0.05, 0.1) is 0 Å². The van der Waals surface area contributed by atoms with Gasteiger partial charge in [0.2, 0.25) is 0 Å². The number of benzene rings is 1. The van der Waals surface area contributed by atoms with Crippen molar-refractivity contribution in [3.63, 3.8) is 0 Å². The zero-order valence-corrected chi connectivity index (χ0v) is 13.8. The second kappa shape index (κ2) is 7.60. The summed E-state index contributed by atoms with van der Waals surface area (Å²) >= 11 is 0. The van der Waals surface area contributed by atoms with E-state index in [4.69, 9.17) is 10.8 Å². The van der Waals surface area contributed by atoms with Crippen LogP contribution in [0.1, 0.15) is 56.2 Å². The van der Waals surface area contributed by atoms with Crippen molar-refractivity contribution in [2.45, 2.75) is 65.3 Å². The van der Waals surface area contributed by atoms with Gasteiger partial charge in [0.15, 0.2) is 0 Å². The molecule has 3 nitrogen and oxygen atoms in total. The Hall–Kier alpha value is -1.35. The minimum Gasteiger partial charge on any atom is -0.480 e. The van der Waals surface area contributed by atoms with Crippen molar-refractivity contribution < 1.29 is 9.90 Å². The van der Waals surface area contributed by atoms with Gasteiger partial charge in [-0.2, -0.15) is 0 Å². The molecule has 21 heavy (non-hydrogen) atoms. The lowest BCUT2D eigenvalue weighted by molar-refractivity contribution is -0.143. The number of carbonyl (C=O) groups is 1. The first kappa shape index (κ1) is 17.7. The van der Waals surface area contributed by atoms with E-state index in [9.17, 15) is 4.79 Å². The summed E-state index contributed by atoms with van der Waals surface area (Å²) in [5.41, 5.74) is 8.73. The first-order valence-electron chi connectivity index (χ1n) is 7.84. The summed E-state index contributed by atoms with van der Waals surface area (Å²) in [6.45, 7) is 7.97. The number of hydrogen-bond donors (Lipinski definition) is 2. The smallest absolute Gasteiger partial charge is 0.323 e. The molecule has 2 atom stereocenters. The Bertz CT molecular complexity index is 460. The largest absolute Gasteiger partial charge is 0.480 e. The zero-order chi connectivity index (χ0) is 16.0. The fourth-order valence-corrected chi connectivity index (χ4v) is 2.95. The van der Waals surface area contributed by atoms with Crippen molar-refractivity contribution in [2.24, 2.45) is 11.7 Å². The molecule has 0 saturated heterocycles. The van der Waals surface area contributed by atoms with E-state index in [1.165, 1.54) is 16.7 Å². The molecule has 0 aromatic heterocycles. The quantitative estimate of drug-likeness (QED) is 0.764. The SMILES string of the molecule is CCC(CCCc1cc(C)cc(C)c1)CC(C)(N)C(=O)O. The van der Waals surface area contributed by atoms with Gasteiger partial charge in [0.25, 0.3) is 0 Å². The van der Waals surface area contributed by atoms with E-state index in [0.29, 0.717) is 12.3 Å². The topological polar surface area (TPSA) is 63.3 Å². The van der Waals surface area contributed by atoms with Crippen LogP contribution in [0.3, 0.4) is 0 Å². The zero-order valence-electron chi connectivity index (χ0n) is 13.8. The van der Waals surface area contributed by atoms with Crippen molar-refractivity contribution in [3.05, 3.63) is 34.9 Å². The maximum atomic E-state index is 11.1. The molecule has 0 bridgehead atoms. The molecule has 0 aliphatic carbocycles. The average molecular weight is 291 g/mol. The van der Waals surface area contributed by atoms with Crippen LogP contribution in [0.5, 0.6) is 0 Å². The third kappa shape index (κ3) is 5.88. The van der Waals surface area contributed by atoms with Crippen molar-refractivity contribution in [1.29, 1.82) is 0 Å². The van der Waals surface area contributed by atoms with Gasteiger partial charge in [-0.1, -0.05) is 49.1 Å². The van der Waals surface area contributed by atoms with Crippen LogP contribution < -0.4 is 5.73 Å². The second-order valence-electron chi connectivity index (χ2n) is 6.59. The Balaban J connectivity index is 2.50. The molecule has 0 aliphatic rings. The fraction of sp³-hybridized carbons (Fsp3) is 0.611. The van der Waals surface area contributed by atoms with E-state index >= 15 is 0 Å². The molecule has 0 amide bonds. The molecule has 0 heterocycles. The second-order valence-corrected chi connectivity index (χ2v) is 6.59. The highest BCUT2D eigenvalue weighted by atomic mass is 16.4. The van der Waals surface area contributed by atoms with Crippen LogP contribution in [0.15, 0.2) is 18.2 Å². The lowest BCUT2D eigenvalue weighted by Gasteiger charge is -2.25. The molecule has 2 unspecified atom stereocenters. The third-order valence-corrected chi connectivity index (χ3v) is 4.14. The van der Waals surface area contributed by atoms with E-state index in [2.05, 4.69) is 39.0 Å². The summed E-state index contributed by atoms with van der Waals surface area (Å²) in [6.07, 6.45) is 4.69. The van der Waals surface area contributed by atoms with Crippen LogP contribution in [0.25, 0.3) is 0 Å². The van der Waals surface area contributed by atoms with Crippen molar-refractivity contribution in [2.75, 3.05) is 0 Å². The summed E-state index contributed by atoms with van der Waals surface area (Å²) in [7, 11) is 0. The molecule has 0 radical (unpaired) electrons. The van der Waals surface area contributed by atoms with Gasteiger partial charge >= 0.3 is 5.97 Å². The first-order valence-corrected chi connectivity index (χ1v) is 7.84. The third-order valence-electron chi connectivity index (χ3n) is 4.14. The van der Waals surface area contributed by atoms with Gasteiger partial charge in [-0.3, -0.25) is 4.79 Å². The van der Waals surface area contributed by atoms with Gasteiger partial charge < -0.3 is 10.8 Å². The Morgan fingerprint density at radius 2 is 1.86 bits per heavy atom. The number of carboxylic acids is 1. The standard InChI is InChI=1S/C18H29NO2/c1-5-15(12-18(4,19)17(20)21)7-6-8-16-10-13(2)9-14(3)11-16/h9-11,15H,5-8,12,19H2,1-4H3,(H,20,21). The Morgan fingerprint density at radius 3 is 2.33 bits per heavy atom. The minimum absolute atomic E-state index is 0.377. The lowest BCUT2D eigenvalue weighted by atomic mass is 9.85. The Morgan fingerprint density at radius 1 is 1.29 bits per heavy atom. The predicted molar refractivity (Wildman–Crippen MR) is 87.5 cm³/mol. The highest BCUT2D eigenvalue weighted by Gasteiger charge is 2.30. The van der Waals surface area contributed by atoms with Crippen LogP contribution in [0.2, 0.25) is 0 Å². The van der Waals surface area contributed by atoms with E-state index in [1.54, 1.807) is 6.92 Å². The first-order chi connectivity index (χ1) is 9.74. The molecule has 118 valence electrons. The Labute approximate surface area is 128 Å². The fourth-order valence-electron chi connectivity index (χ4n) is 2.95. The van der Waals surface area contributed by atoms with Gasteiger partial charge in [0, 0.05) is 0 Å². The van der Waals surface area contributed by atoms with E-state index in [0.717, 1.165) is 25.7 Å². The highest BCUT2D eigenvalue weighted by molar-refractivity contribution is 5.77. The normalized spacial score (nSPS) is 15.5. The number of nitrogens with two attached hydrogens (primary N) is 1. The summed E-state index contributed by atoms with van der Waals surface area (Å²) < 4.78 is 0. The van der Waals surface area contributed by atoms with E-state index in [1.807, 2.05) is 0 Å². The molecule has 0 fully saturated rings. The van der Waals surface area contributed by atoms with Crippen LogP contribution in [0.4, 0.5) is 0 Å². The lowest BCUT2D eigenvalue weighted by Crippen LogP contribution is -2.46. The maximum absolute atomic E-state index is 11.1. The maximum Gasteiger partial charge on any atom is 0.323 e. The molecule has 0 spiro atoms.